The number of hydrogen-bond acceptors (Lipinski definition) is 6. The number of carbonyl (C=O) groups excluding carboxylic acids is 1. The third kappa shape index (κ3) is 5.27. The van der Waals surface area contributed by atoms with Gasteiger partial charge in [0.2, 0.25) is 0 Å². The predicted octanol–water partition coefficient (Wildman–Crippen LogP) is 4.96. The van der Waals surface area contributed by atoms with Crippen LogP contribution < -0.4 is 9.50 Å². The summed E-state index contributed by atoms with van der Waals surface area (Å²) in [6, 6.07) is 20.6. The lowest BCUT2D eigenvalue weighted by molar-refractivity contribution is -0.115. The minimum Gasteiger partial charge on any atom is -0.379 e. The van der Waals surface area contributed by atoms with Gasteiger partial charge in [0, 0.05) is 0 Å². The lowest BCUT2D eigenvalue weighted by atomic mass is 10.2. The molecule has 0 unspecified atom stereocenters. The molecule has 0 aromatic heterocycles. The maximum absolute atomic E-state index is 12.4. The Balaban J connectivity index is 1.46. The zero-order valence-corrected chi connectivity index (χ0v) is 19.0. The minimum absolute atomic E-state index is 0.0914. The number of aryl methyl sites for hydroxylation is 2. The Labute approximate surface area is 191 Å². The summed E-state index contributed by atoms with van der Waals surface area (Å²) in [6.45, 7) is 3.88. The molecule has 0 bridgehead atoms. The molecular formula is C24H20N2O4S2. The van der Waals surface area contributed by atoms with Gasteiger partial charge >= 0.3 is 10.1 Å². The second kappa shape index (κ2) is 9.02. The summed E-state index contributed by atoms with van der Waals surface area (Å²) in [4.78, 5) is 17.3. The minimum atomic E-state index is -3.91. The van der Waals surface area contributed by atoms with Crippen molar-refractivity contribution in [2.24, 2.45) is 4.99 Å². The average molecular weight is 465 g/mol. The maximum Gasteiger partial charge on any atom is 0.339 e. The molecule has 162 valence electrons. The van der Waals surface area contributed by atoms with Crippen molar-refractivity contribution in [1.82, 2.24) is 5.32 Å². The quantitative estimate of drug-likeness (QED) is 0.426. The van der Waals surface area contributed by atoms with E-state index in [1.165, 1.54) is 23.9 Å². The van der Waals surface area contributed by atoms with E-state index in [9.17, 15) is 13.2 Å². The molecule has 1 aliphatic heterocycles. The van der Waals surface area contributed by atoms with Gasteiger partial charge in [0.25, 0.3) is 5.91 Å². The zero-order valence-electron chi connectivity index (χ0n) is 17.4. The summed E-state index contributed by atoms with van der Waals surface area (Å²) in [5.41, 5.74) is 3.59. The number of amidine groups is 1. The summed E-state index contributed by atoms with van der Waals surface area (Å²) in [6.07, 6.45) is 1.72. The number of nitrogens with one attached hydrogen (secondary N) is 1. The fourth-order valence-corrected chi connectivity index (χ4v) is 4.64. The van der Waals surface area contributed by atoms with Gasteiger partial charge in [-0.15, -0.1) is 0 Å². The Morgan fingerprint density at radius 1 is 0.875 bits per heavy atom. The number of hydrogen-bond donors (Lipinski definition) is 1. The molecular weight excluding hydrogens is 444 g/mol. The van der Waals surface area contributed by atoms with Crippen molar-refractivity contribution in [3.05, 3.63) is 94.4 Å². The maximum atomic E-state index is 12.4. The van der Waals surface area contributed by atoms with Crippen LogP contribution >= 0.6 is 11.8 Å². The number of carbonyl (C=O) groups is 1. The molecule has 1 fully saturated rings. The van der Waals surface area contributed by atoms with Gasteiger partial charge in [-0.3, -0.25) is 4.79 Å². The monoisotopic (exact) mass is 464 g/mol. The van der Waals surface area contributed by atoms with E-state index in [1.54, 1.807) is 42.5 Å². The highest BCUT2D eigenvalue weighted by atomic mass is 32.2. The molecule has 3 aromatic carbocycles. The second-order valence-corrected chi connectivity index (χ2v) is 9.81. The molecule has 1 aliphatic rings. The lowest BCUT2D eigenvalue weighted by Crippen LogP contribution is -2.19. The van der Waals surface area contributed by atoms with Crippen molar-refractivity contribution in [3.63, 3.8) is 0 Å². The van der Waals surface area contributed by atoms with Crippen LogP contribution in [0.2, 0.25) is 0 Å². The van der Waals surface area contributed by atoms with Gasteiger partial charge in [-0.1, -0.05) is 47.5 Å². The Morgan fingerprint density at radius 3 is 2.09 bits per heavy atom. The topological polar surface area (TPSA) is 84.8 Å². The smallest absolute Gasteiger partial charge is 0.339 e. The van der Waals surface area contributed by atoms with Crippen LogP contribution in [0.5, 0.6) is 5.75 Å². The molecule has 3 aromatic rings. The highest BCUT2D eigenvalue weighted by Crippen LogP contribution is 2.29. The molecule has 1 N–H and O–H groups in total. The molecule has 1 saturated heterocycles. The zero-order chi connectivity index (χ0) is 22.7. The van der Waals surface area contributed by atoms with Crippen molar-refractivity contribution in [3.8, 4) is 5.75 Å². The van der Waals surface area contributed by atoms with Gasteiger partial charge < -0.3 is 9.50 Å². The van der Waals surface area contributed by atoms with Crippen LogP contribution in [0.4, 0.5) is 5.69 Å². The first-order valence-electron chi connectivity index (χ1n) is 9.76. The van der Waals surface area contributed by atoms with Crippen molar-refractivity contribution in [2.45, 2.75) is 18.7 Å². The van der Waals surface area contributed by atoms with Crippen LogP contribution in [0.15, 0.2) is 87.6 Å². The van der Waals surface area contributed by atoms with Crippen molar-refractivity contribution >= 4 is 44.7 Å². The van der Waals surface area contributed by atoms with Crippen LogP contribution in [0.25, 0.3) is 6.08 Å². The molecule has 0 atom stereocenters. The highest BCUT2D eigenvalue weighted by Gasteiger charge is 2.24. The SMILES string of the molecule is Cc1ccc(N=C2NC(=O)/C(=C/c3ccc(OS(=O)(=O)c4ccc(C)cc4)cc3)S2)cc1. The van der Waals surface area contributed by atoms with E-state index in [-0.39, 0.29) is 16.6 Å². The molecule has 8 heteroatoms. The fourth-order valence-electron chi connectivity index (χ4n) is 2.87. The summed E-state index contributed by atoms with van der Waals surface area (Å²) in [5.74, 6) is -0.0407. The molecule has 0 saturated carbocycles. The molecule has 0 radical (unpaired) electrons. The molecule has 0 spiro atoms. The number of benzene rings is 3. The number of aliphatic imine (C=N–C) groups is 1. The molecule has 4 rings (SSSR count). The first-order valence-corrected chi connectivity index (χ1v) is 12.0. The highest BCUT2D eigenvalue weighted by molar-refractivity contribution is 8.18. The van der Waals surface area contributed by atoms with E-state index in [4.69, 9.17) is 4.18 Å². The van der Waals surface area contributed by atoms with Gasteiger partial charge in [0.1, 0.15) is 10.6 Å². The Kier molecular flexibility index (Phi) is 6.16. The van der Waals surface area contributed by atoms with Crippen LogP contribution in [0.1, 0.15) is 16.7 Å². The lowest BCUT2D eigenvalue weighted by Gasteiger charge is -2.07. The predicted molar refractivity (Wildman–Crippen MR) is 127 cm³/mol. The van der Waals surface area contributed by atoms with E-state index in [2.05, 4.69) is 10.3 Å². The largest absolute Gasteiger partial charge is 0.379 e. The van der Waals surface area contributed by atoms with Crippen molar-refractivity contribution in [2.75, 3.05) is 0 Å². The average Bonchev–Trinajstić information content (AvgIpc) is 3.10. The first-order chi connectivity index (χ1) is 15.3. The van der Waals surface area contributed by atoms with E-state index >= 15 is 0 Å². The van der Waals surface area contributed by atoms with Gasteiger partial charge in [-0.05, 0) is 73.6 Å². The van der Waals surface area contributed by atoms with E-state index in [0.717, 1.165) is 22.4 Å². The van der Waals surface area contributed by atoms with Crippen molar-refractivity contribution in [1.29, 1.82) is 0 Å². The van der Waals surface area contributed by atoms with Crippen LogP contribution in [-0.2, 0) is 14.9 Å². The summed E-state index contributed by atoms with van der Waals surface area (Å²) in [7, 11) is -3.91. The second-order valence-electron chi connectivity index (χ2n) is 7.24. The first kappa shape index (κ1) is 21.9. The Bertz CT molecular complexity index is 1310. The van der Waals surface area contributed by atoms with Gasteiger partial charge in [-0.25, -0.2) is 4.99 Å². The third-order valence-corrected chi connectivity index (χ3v) is 6.78. The third-order valence-electron chi connectivity index (χ3n) is 4.61. The van der Waals surface area contributed by atoms with E-state index < -0.39 is 10.1 Å². The molecule has 1 heterocycles. The molecule has 32 heavy (non-hydrogen) atoms. The van der Waals surface area contributed by atoms with Crippen LogP contribution in [0.3, 0.4) is 0 Å². The summed E-state index contributed by atoms with van der Waals surface area (Å²) in [5, 5.41) is 3.26. The normalized spacial score (nSPS) is 16.4. The fraction of sp³-hybridized carbons (Fsp3) is 0.0833. The van der Waals surface area contributed by atoms with Gasteiger partial charge in [0.15, 0.2) is 5.17 Å². The Morgan fingerprint density at radius 2 is 1.47 bits per heavy atom. The number of nitrogens with zero attached hydrogens (tertiary/aromatic N) is 1. The summed E-state index contributed by atoms with van der Waals surface area (Å²) >= 11 is 1.25. The van der Waals surface area contributed by atoms with Gasteiger partial charge in [-0.2, -0.15) is 8.42 Å². The summed E-state index contributed by atoms with van der Waals surface area (Å²) < 4.78 is 30.1. The Hall–Kier alpha value is -3.36. The van der Waals surface area contributed by atoms with Crippen LogP contribution in [0, 0.1) is 13.8 Å². The standard InChI is InChI=1S/C24H20N2O4S2/c1-16-3-9-19(10-4-16)25-24-26-23(27)22(31-24)15-18-7-11-20(12-8-18)30-32(28,29)21-13-5-17(2)6-14-21/h3-15H,1-2H3,(H,25,26,27)/b22-15-. The van der Waals surface area contributed by atoms with Crippen molar-refractivity contribution < 1.29 is 17.4 Å². The number of thioether (sulfide) groups is 1. The van der Waals surface area contributed by atoms with E-state index in [1.807, 2.05) is 38.1 Å². The van der Waals surface area contributed by atoms with Gasteiger partial charge in [0.05, 0.1) is 10.6 Å². The number of amides is 1. The van der Waals surface area contributed by atoms with E-state index in [0.29, 0.717) is 10.1 Å². The molecule has 0 aliphatic carbocycles. The number of rotatable bonds is 5. The molecule has 6 nitrogen and oxygen atoms in total. The van der Waals surface area contributed by atoms with Crippen LogP contribution in [-0.4, -0.2) is 19.5 Å². The molecule has 1 amide bonds.